The Hall–Kier alpha value is -2.45. The maximum absolute atomic E-state index is 12.2. The Morgan fingerprint density at radius 3 is 2.36 bits per heavy atom. The first-order valence-electron chi connectivity index (χ1n) is 8.03. The van der Waals surface area contributed by atoms with E-state index < -0.39 is 23.2 Å². The van der Waals surface area contributed by atoms with Gasteiger partial charge in [0.1, 0.15) is 0 Å². The Kier molecular flexibility index (Phi) is 3.08. The lowest BCUT2D eigenvalue weighted by molar-refractivity contribution is -0.384. The van der Waals surface area contributed by atoms with Crippen molar-refractivity contribution in [1.29, 1.82) is 0 Å². The number of hydrogen-bond acceptors (Lipinski definition) is 5. The molecule has 8 heteroatoms. The van der Waals surface area contributed by atoms with Crippen LogP contribution in [-0.2, 0) is 9.31 Å². The molecule has 2 aliphatic rings. The first-order valence-corrected chi connectivity index (χ1v) is 8.03. The molecule has 2 aromatic carbocycles. The summed E-state index contributed by atoms with van der Waals surface area (Å²) in [6.45, 7) is 7.78. The molecule has 1 amide bonds. The van der Waals surface area contributed by atoms with E-state index in [1.54, 1.807) is 12.1 Å². The van der Waals surface area contributed by atoms with Crippen LogP contribution in [0.3, 0.4) is 0 Å². The fraction of sp³-hybridized carbons (Fsp3) is 0.353. The minimum Gasteiger partial charge on any atom is -0.399 e. The number of benzene rings is 2. The van der Waals surface area contributed by atoms with Crippen LogP contribution in [0.1, 0.15) is 38.1 Å². The Labute approximate surface area is 144 Å². The molecule has 0 saturated carbocycles. The van der Waals surface area contributed by atoms with E-state index in [1.165, 1.54) is 12.1 Å². The van der Waals surface area contributed by atoms with Crippen LogP contribution in [0.2, 0.25) is 0 Å². The van der Waals surface area contributed by atoms with Crippen LogP contribution < -0.4 is 10.8 Å². The Balaban J connectivity index is 1.95. The summed E-state index contributed by atoms with van der Waals surface area (Å²) in [5, 5.41) is 15.3. The lowest BCUT2D eigenvalue weighted by Crippen LogP contribution is -2.41. The van der Waals surface area contributed by atoms with Crippen LogP contribution >= 0.6 is 0 Å². The lowest BCUT2D eigenvalue weighted by Gasteiger charge is -2.32. The molecule has 2 aliphatic heterocycles. The van der Waals surface area contributed by atoms with Crippen LogP contribution in [0.5, 0.6) is 0 Å². The Bertz CT molecular complexity index is 938. The van der Waals surface area contributed by atoms with E-state index >= 15 is 0 Å². The van der Waals surface area contributed by atoms with Crippen molar-refractivity contribution < 1.29 is 19.0 Å². The molecule has 0 aromatic heterocycles. The second-order valence-corrected chi connectivity index (χ2v) is 7.42. The van der Waals surface area contributed by atoms with Crippen molar-refractivity contribution in [3.8, 4) is 0 Å². The fourth-order valence-electron chi connectivity index (χ4n) is 3.24. The van der Waals surface area contributed by atoms with E-state index in [0.717, 1.165) is 0 Å². The normalized spacial score (nSPS) is 20.2. The van der Waals surface area contributed by atoms with Gasteiger partial charge >= 0.3 is 7.12 Å². The minimum atomic E-state index is -0.662. The first kappa shape index (κ1) is 16.0. The summed E-state index contributed by atoms with van der Waals surface area (Å²) in [7, 11) is -0.662. The molecule has 0 unspecified atom stereocenters. The van der Waals surface area contributed by atoms with Crippen molar-refractivity contribution in [1.82, 2.24) is 0 Å². The van der Waals surface area contributed by atoms with E-state index in [2.05, 4.69) is 5.32 Å². The topological polar surface area (TPSA) is 90.7 Å². The van der Waals surface area contributed by atoms with Crippen LogP contribution in [0.15, 0.2) is 24.3 Å². The number of carbonyl (C=O) groups excluding carboxylic acids is 1. The Morgan fingerprint density at radius 1 is 1.12 bits per heavy atom. The number of anilines is 1. The van der Waals surface area contributed by atoms with Gasteiger partial charge in [0, 0.05) is 23.2 Å². The SMILES string of the molecule is CC1(C)OB(c2ccc3c4c(cc([N+](=O)[O-])cc24)C(=O)N3)OC1(C)C. The van der Waals surface area contributed by atoms with Gasteiger partial charge in [-0.1, -0.05) is 6.07 Å². The van der Waals surface area contributed by atoms with Gasteiger partial charge in [0.05, 0.1) is 21.7 Å². The number of rotatable bonds is 2. The quantitative estimate of drug-likeness (QED) is 0.516. The van der Waals surface area contributed by atoms with Crippen molar-refractivity contribution >= 4 is 40.6 Å². The van der Waals surface area contributed by atoms with Gasteiger partial charge in [-0.25, -0.2) is 0 Å². The molecule has 0 radical (unpaired) electrons. The first-order chi connectivity index (χ1) is 11.6. The fourth-order valence-corrected chi connectivity index (χ4v) is 3.24. The van der Waals surface area contributed by atoms with Crippen molar-refractivity contribution in [2.24, 2.45) is 0 Å². The molecule has 25 heavy (non-hydrogen) atoms. The van der Waals surface area contributed by atoms with E-state index in [0.29, 0.717) is 27.5 Å². The number of nitrogens with zero attached hydrogens (tertiary/aromatic N) is 1. The number of hydrogen-bond donors (Lipinski definition) is 1. The van der Waals surface area contributed by atoms with Crippen LogP contribution in [-0.4, -0.2) is 29.2 Å². The molecular weight excluding hydrogens is 323 g/mol. The van der Waals surface area contributed by atoms with Gasteiger partial charge in [-0.05, 0) is 44.6 Å². The number of nitro groups is 1. The zero-order valence-electron chi connectivity index (χ0n) is 14.4. The summed E-state index contributed by atoms with van der Waals surface area (Å²) in [6.07, 6.45) is 0. The van der Waals surface area contributed by atoms with E-state index in [9.17, 15) is 14.9 Å². The summed E-state index contributed by atoms with van der Waals surface area (Å²) in [6, 6.07) is 6.35. The van der Waals surface area contributed by atoms with Crippen molar-refractivity contribution in [3.05, 3.63) is 39.9 Å². The second-order valence-electron chi connectivity index (χ2n) is 7.42. The number of carbonyl (C=O) groups is 1. The number of nitro benzene ring substituents is 1. The Morgan fingerprint density at radius 2 is 1.76 bits per heavy atom. The third kappa shape index (κ3) is 2.18. The lowest BCUT2D eigenvalue weighted by atomic mass is 9.75. The number of nitrogens with one attached hydrogen (secondary N) is 1. The van der Waals surface area contributed by atoms with Crippen molar-refractivity contribution in [3.63, 3.8) is 0 Å². The van der Waals surface area contributed by atoms with E-state index in [1.807, 2.05) is 27.7 Å². The highest BCUT2D eigenvalue weighted by Crippen LogP contribution is 2.39. The molecule has 1 saturated heterocycles. The second kappa shape index (κ2) is 4.80. The van der Waals surface area contributed by atoms with Crippen LogP contribution in [0.25, 0.3) is 10.8 Å². The summed E-state index contributed by atoms with van der Waals surface area (Å²) >= 11 is 0. The average Bonchev–Trinajstić information content (AvgIpc) is 2.94. The molecule has 2 aromatic rings. The average molecular weight is 340 g/mol. The van der Waals surface area contributed by atoms with Crippen LogP contribution in [0, 0.1) is 10.1 Å². The summed E-state index contributed by atoms with van der Waals surface area (Å²) in [5.41, 5.74) is 0.442. The highest BCUT2D eigenvalue weighted by Gasteiger charge is 2.52. The van der Waals surface area contributed by atoms with Gasteiger partial charge in [-0.15, -0.1) is 0 Å². The molecule has 4 rings (SSSR count). The summed E-state index contributed by atoms with van der Waals surface area (Å²) < 4.78 is 12.2. The summed E-state index contributed by atoms with van der Waals surface area (Å²) in [4.78, 5) is 23.0. The van der Waals surface area contributed by atoms with Gasteiger partial charge in [-0.3, -0.25) is 14.9 Å². The molecule has 1 N–H and O–H groups in total. The predicted octanol–water partition coefficient (Wildman–Crippen LogP) is 2.61. The number of non-ortho nitro benzene ring substituents is 1. The van der Waals surface area contributed by atoms with Crippen molar-refractivity contribution in [2.45, 2.75) is 38.9 Å². The maximum atomic E-state index is 12.2. The highest BCUT2D eigenvalue weighted by atomic mass is 16.7. The predicted molar refractivity (Wildman–Crippen MR) is 94.3 cm³/mol. The summed E-state index contributed by atoms with van der Waals surface area (Å²) in [5.74, 6) is -0.338. The molecule has 0 atom stereocenters. The molecule has 0 spiro atoms. The molecule has 2 heterocycles. The molecule has 0 bridgehead atoms. The minimum absolute atomic E-state index is 0.130. The maximum Gasteiger partial charge on any atom is 0.495 e. The van der Waals surface area contributed by atoms with Crippen LogP contribution in [0.4, 0.5) is 11.4 Å². The molecular formula is C17H17BN2O5. The van der Waals surface area contributed by atoms with Crippen molar-refractivity contribution in [2.75, 3.05) is 5.32 Å². The van der Waals surface area contributed by atoms with E-state index in [4.69, 9.17) is 9.31 Å². The van der Waals surface area contributed by atoms with Gasteiger partial charge in [0.15, 0.2) is 0 Å². The smallest absolute Gasteiger partial charge is 0.399 e. The van der Waals surface area contributed by atoms with E-state index in [-0.39, 0.29) is 11.6 Å². The number of amides is 1. The molecule has 1 fully saturated rings. The molecule has 128 valence electrons. The van der Waals surface area contributed by atoms with Gasteiger partial charge in [0.25, 0.3) is 11.6 Å². The van der Waals surface area contributed by atoms with Gasteiger partial charge in [0.2, 0.25) is 0 Å². The largest absolute Gasteiger partial charge is 0.495 e. The van der Waals surface area contributed by atoms with Gasteiger partial charge < -0.3 is 14.6 Å². The third-order valence-electron chi connectivity index (χ3n) is 5.34. The zero-order chi connectivity index (χ0) is 18.1. The monoisotopic (exact) mass is 340 g/mol. The zero-order valence-corrected chi connectivity index (χ0v) is 14.4. The highest BCUT2D eigenvalue weighted by molar-refractivity contribution is 6.65. The molecule has 0 aliphatic carbocycles. The standard InChI is InChI=1S/C17H17BN2O5/c1-16(2)17(3,4)25-18(24-16)12-5-6-13-14-10(12)7-9(20(22)23)8-11(14)15(21)19-13/h5-8H,1-4H3,(H,19,21). The molecule has 7 nitrogen and oxygen atoms in total. The third-order valence-corrected chi connectivity index (χ3v) is 5.34. The van der Waals surface area contributed by atoms with Gasteiger partial charge in [-0.2, -0.15) is 0 Å².